The lowest BCUT2D eigenvalue weighted by Crippen LogP contribution is -2.53. The maximum Gasteiger partial charge on any atom is 0.248 e. The highest BCUT2D eigenvalue weighted by Gasteiger charge is 2.75. The lowest BCUT2D eigenvalue weighted by molar-refractivity contribution is -0.139. The summed E-state index contributed by atoms with van der Waals surface area (Å²) >= 11 is 5.33. The first-order valence-electron chi connectivity index (χ1n) is 10.8. The molecule has 3 saturated heterocycles. The molecule has 3 N–H and O–H groups in total. The summed E-state index contributed by atoms with van der Waals surface area (Å²) in [7, 11) is 3.16. The summed E-state index contributed by atoms with van der Waals surface area (Å²) in [6, 6.07) is 6.37. The minimum absolute atomic E-state index is 0.0283. The molecule has 3 aliphatic heterocycles. The molecule has 3 unspecified atom stereocenters. The molecule has 8 nitrogen and oxygen atoms in total. The number of unbranched alkanes of at least 4 members (excludes halogenated alkanes) is 1. The molecule has 4 rings (SSSR count). The van der Waals surface area contributed by atoms with E-state index < -0.39 is 22.6 Å². The Labute approximate surface area is 199 Å². The van der Waals surface area contributed by atoms with Gasteiger partial charge in [-0.15, -0.1) is 11.8 Å². The number of carbonyl (C=O) groups is 3. The Kier molecular flexibility index (Phi) is 6.74. The molecule has 1 aromatic carbocycles. The maximum absolute atomic E-state index is 13.6. The van der Waals surface area contributed by atoms with Crippen LogP contribution in [0, 0.1) is 11.8 Å². The monoisotopic (exact) mass is 525 g/mol. The van der Waals surface area contributed by atoms with E-state index >= 15 is 0 Å². The first-order valence-corrected chi connectivity index (χ1v) is 12.6. The van der Waals surface area contributed by atoms with E-state index in [0.717, 1.165) is 0 Å². The second kappa shape index (κ2) is 9.23. The third-order valence-electron chi connectivity index (χ3n) is 6.75. The summed E-state index contributed by atoms with van der Waals surface area (Å²) in [5, 5.41) is 14.8. The summed E-state index contributed by atoms with van der Waals surface area (Å²) in [6.07, 6.45) is 1.78. The molecule has 1 aromatic rings. The molecule has 174 valence electrons. The van der Waals surface area contributed by atoms with Crippen molar-refractivity contribution in [3.8, 4) is 5.75 Å². The SMILES string of the molecule is CNC(=O)[C@H]1[C@@H]2SC3(CC2Br)C(C(=O)Nc2ccc(OC)cc2)N(CCCCO)C(=O)[C@H]13. The second-order valence-corrected chi connectivity index (χ2v) is 11.2. The van der Waals surface area contributed by atoms with Crippen molar-refractivity contribution in [1.29, 1.82) is 0 Å². The lowest BCUT2D eigenvalue weighted by atomic mass is 9.70. The Bertz CT molecular complexity index is 900. The molecule has 0 radical (unpaired) electrons. The number of amides is 3. The van der Waals surface area contributed by atoms with Gasteiger partial charge in [0, 0.05) is 36.0 Å². The number of fused-ring (bicyclic) bond motifs is 1. The zero-order valence-corrected chi connectivity index (χ0v) is 20.4. The number of aliphatic hydroxyl groups excluding tert-OH is 1. The molecule has 2 bridgehead atoms. The Balaban J connectivity index is 1.67. The quantitative estimate of drug-likeness (QED) is 0.351. The smallest absolute Gasteiger partial charge is 0.248 e. The fourth-order valence-corrected chi connectivity index (χ4v) is 9.03. The lowest BCUT2D eigenvalue weighted by Gasteiger charge is -2.35. The van der Waals surface area contributed by atoms with Crippen LogP contribution in [0.15, 0.2) is 24.3 Å². The van der Waals surface area contributed by atoms with Gasteiger partial charge in [0.1, 0.15) is 11.8 Å². The average molecular weight is 526 g/mol. The highest BCUT2D eigenvalue weighted by Crippen LogP contribution is 2.67. The van der Waals surface area contributed by atoms with Gasteiger partial charge in [0.2, 0.25) is 17.7 Å². The van der Waals surface area contributed by atoms with E-state index in [1.165, 1.54) is 0 Å². The van der Waals surface area contributed by atoms with Crippen LogP contribution in [-0.2, 0) is 14.4 Å². The summed E-state index contributed by atoms with van der Waals surface area (Å²) in [5.74, 6) is -0.870. The molecule has 3 fully saturated rings. The standard InChI is InChI=1S/C22H28BrN3O5S/c1-24-19(28)15-16-21(30)26(9-3-4-10-27)18(22(16)11-14(23)17(15)32-22)20(29)25-12-5-7-13(31-2)8-6-12/h5-8,14-18,27H,3-4,9-11H2,1-2H3,(H,24,28)(H,25,29)/t14?,15-,16+,17-,18?,22?/m1/s1. The maximum atomic E-state index is 13.6. The third kappa shape index (κ3) is 3.70. The predicted molar refractivity (Wildman–Crippen MR) is 126 cm³/mol. The van der Waals surface area contributed by atoms with Crippen LogP contribution in [0.1, 0.15) is 19.3 Å². The second-order valence-electron chi connectivity index (χ2n) is 8.46. The van der Waals surface area contributed by atoms with Gasteiger partial charge in [-0.3, -0.25) is 14.4 Å². The van der Waals surface area contributed by atoms with Gasteiger partial charge in [0.15, 0.2) is 0 Å². The van der Waals surface area contributed by atoms with Gasteiger partial charge in [-0.05, 0) is 43.5 Å². The molecule has 1 spiro atoms. The fraction of sp³-hybridized carbons (Fsp3) is 0.591. The van der Waals surface area contributed by atoms with Gasteiger partial charge in [0.05, 0.1) is 23.7 Å². The van der Waals surface area contributed by atoms with Crippen LogP contribution < -0.4 is 15.4 Å². The van der Waals surface area contributed by atoms with Crippen LogP contribution in [0.3, 0.4) is 0 Å². The number of methoxy groups -OCH3 is 1. The molecule has 3 heterocycles. The number of halogens is 1. The molecule has 6 atom stereocenters. The Morgan fingerprint density at radius 2 is 2.00 bits per heavy atom. The summed E-state index contributed by atoms with van der Waals surface area (Å²) in [4.78, 5) is 41.7. The van der Waals surface area contributed by atoms with Crippen LogP contribution in [-0.4, -0.2) is 75.9 Å². The van der Waals surface area contributed by atoms with Crippen molar-refractivity contribution in [2.24, 2.45) is 11.8 Å². The number of ether oxygens (including phenoxy) is 1. The Morgan fingerprint density at radius 1 is 1.28 bits per heavy atom. The van der Waals surface area contributed by atoms with E-state index in [1.807, 2.05) is 0 Å². The topological polar surface area (TPSA) is 108 Å². The van der Waals surface area contributed by atoms with Gasteiger partial charge in [-0.25, -0.2) is 0 Å². The highest BCUT2D eigenvalue weighted by molar-refractivity contribution is 9.09. The van der Waals surface area contributed by atoms with Gasteiger partial charge in [-0.2, -0.15) is 0 Å². The van der Waals surface area contributed by atoms with E-state index in [9.17, 15) is 19.5 Å². The minimum atomic E-state index is -0.689. The van der Waals surface area contributed by atoms with Crippen molar-refractivity contribution >= 4 is 51.1 Å². The number of hydrogen-bond donors (Lipinski definition) is 3. The normalized spacial score (nSPS) is 32.7. The first kappa shape index (κ1) is 23.4. The number of likely N-dealkylation sites (tertiary alicyclic amines) is 1. The van der Waals surface area contributed by atoms with Crippen molar-refractivity contribution in [2.45, 2.75) is 40.1 Å². The van der Waals surface area contributed by atoms with Gasteiger partial charge in [-0.1, -0.05) is 15.9 Å². The summed E-state index contributed by atoms with van der Waals surface area (Å²) < 4.78 is 4.52. The van der Waals surface area contributed by atoms with Crippen LogP contribution >= 0.6 is 27.7 Å². The van der Waals surface area contributed by atoms with Crippen LogP contribution in [0.5, 0.6) is 5.75 Å². The molecular formula is C22H28BrN3O5S. The summed E-state index contributed by atoms with van der Waals surface area (Å²) in [6.45, 7) is 0.400. The number of rotatable bonds is 8. The van der Waals surface area contributed by atoms with Crippen molar-refractivity contribution in [2.75, 3.05) is 32.6 Å². The third-order valence-corrected chi connectivity index (χ3v) is 9.97. The predicted octanol–water partition coefficient (Wildman–Crippen LogP) is 1.62. The molecular weight excluding hydrogens is 498 g/mol. The Morgan fingerprint density at radius 3 is 2.62 bits per heavy atom. The zero-order valence-electron chi connectivity index (χ0n) is 18.0. The molecule has 0 saturated carbocycles. The minimum Gasteiger partial charge on any atom is -0.497 e. The van der Waals surface area contributed by atoms with Crippen molar-refractivity contribution in [3.63, 3.8) is 0 Å². The Hall–Kier alpha value is -1.78. The number of alkyl halides is 1. The van der Waals surface area contributed by atoms with Crippen molar-refractivity contribution in [3.05, 3.63) is 24.3 Å². The molecule has 32 heavy (non-hydrogen) atoms. The number of benzene rings is 1. The van der Waals surface area contributed by atoms with E-state index in [1.54, 1.807) is 55.1 Å². The highest BCUT2D eigenvalue weighted by atomic mass is 79.9. The number of hydrogen-bond acceptors (Lipinski definition) is 6. The number of anilines is 1. The van der Waals surface area contributed by atoms with Gasteiger partial charge >= 0.3 is 0 Å². The first-order chi connectivity index (χ1) is 15.4. The largest absolute Gasteiger partial charge is 0.497 e. The molecule has 3 amide bonds. The molecule has 10 heteroatoms. The van der Waals surface area contributed by atoms with Crippen LogP contribution in [0.4, 0.5) is 5.69 Å². The van der Waals surface area contributed by atoms with Crippen molar-refractivity contribution < 1.29 is 24.2 Å². The average Bonchev–Trinajstić information content (AvgIpc) is 3.37. The molecule has 3 aliphatic rings. The zero-order chi connectivity index (χ0) is 23.0. The number of thioether (sulfide) groups is 1. The fourth-order valence-electron chi connectivity index (χ4n) is 5.42. The van der Waals surface area contributed by atoms with Crippen LogP contribution in [0.25, 0.3) is 0 Å². The van der Waals surface area contributed by atoms with Crippen molar-refractivity contribution in [1.82, 2.24) is 10.2 Å². The van der Waals surface area contributed by atoms with E-state index in [0.29, 0.717) is 37.2 Å². The van der Waals surface area contributed by atoms with E-state index in [4.69, 9.17) is 4.74 Å². The number of nitrogens with zero attached hydrogens (tertiary/aromatic N) is 1. The number of nitrogens with one attached hydrogen (secondary N) is 2. The van der Waals surface area contributed by atoms with E-state index in [-0.39, 0.29) is 34.4 Å². The van der Waals surface area contributed by atoms with Gasteiger partial charge in [0.25, 0.3) is 0 Å². The van der Waals surface area contributed by atoms with Gasteiger partial charge < -0.3 is 25.4 Å². The van der Waals surface area contributed by atoms with E-state index in [2.05, 4.69) is 26.6 Å². The molecule has 0 aromatic heterocycles. The summed E-state index contributed by atoms with van der Waals surface area (Å²) in [5.41, 5.74) is 0.620. The number of carbonyl (C=O) groups excluding carboxylic acids is 3. The number of aliphatic hydroxyl groups is 1. The molecule has 0 aliphatic carbocycles. The van der Waals surface area contributed by atoms with Crippen LogP contribution in [0.2, 0.25) is 0 Å².